The normalized spacial score (nSPS) is 15.0. The number of hydrogen-bond donors (Lipinski definition) is 0. The largest absolute Gasteiger partial charge is 0.314 e. The van der Waals surface area contributed by atoms with Gasteiger partial charge in [0.05, 0.1) is 0 Å². The minimum absolute atomic E-state index is 0.143. The predicted octanol–water partition coefficient (Wildman–Crippen LogP) is 2.24. The Bertz CT molecular complexity index is 524. The molecule has 0 N–H and O–H groups in total. The van der Waals surface area contributed by atoms with Crippen LogP contribution >= 0.6 is 35.0 Å². The number of imidazole rings is 1. The predicted molar refractivity (Wildman–Crippen MR) is 56.1 cm³/mol. The average Bonchev–Trinajstić information content (AvgIpc) is 2.60. The van der Waals surface area contributed by atoms with Gasteiger partial charge in [0.1, 0.15) is 5.52 Å². The maximum absolute atomic E-state index is 5.98. The lowest BCUT2D eigenvalue weighted by Crippen LogP contribution is -1.95. The summed E-state index contributed by atoms with van der Waals surface area (Å²) in [4.78, 5) is 12.2. The summed E-state index contributed by atoms with van der Waals surface area (Å²) in [7, 11) is 0. The Hall–Kier alpha value is -0.520. The van der Waals surface area contributed by atoms with Crippen molar-refractivity contribution >= 4 is 46.1 Å². The highest BCUT2D eigenvalue weighted by Gasteiger charge is 2.20. The molecule has 14 heavy (non-hydrogen) atoms. The number of thioether (sulfide) groups is 1. The number of aryl methyl sites for hydroxylation is 1. The fourth-order valence-electron chi connectivity index (χ4n) is 1.49. The van der Waals surface area contributed by atoms with Gasteiger partial charge in [-0.25, -0.2) is 9.97 Å². The Kier molecular flexibility index (Phi) is 1.87. The topological polar surface area (TPSA) is 43.6 Å². The highest BCUT2D eigenvalue weighted by molar-refractivity contribution is 7.99. The van der Waals surface area contributed by atoms with Gasteiger partial charge >= 0.3 is 0 Å². The monoisotopic (exact) mass is 246 g/mol. The molecule has 0 aliphatic carbocycles. The van der Waals surface area contributed by atoms with Crippen LogP contribution in [-0.2, 0) is 6.54 Å². The van der Waals surface area contributed by atoms with Crippen LogP contribution in [0.3, 0.4) is 0 Å². The lowest BCUT2D eigenvalue weighted by Gasteiger charge is -1.98. The second-order valence-electron chi connectivity index (χ2n) is 2.85. The Morgan fingerprint density at radius 2 is 2.07 bits per heavy atom. The van der Waals surface area contributed by atoms with Gasteiger partial charge in [-0.05, 0) is 11.6 Å². The Morgan fingerprint density at radius 3 is 2.93 bits per heavy atom. The van der Waals surface area contributed by atoms with Gasteiger partial charge in [-0.15, -0.1) is 0 Å². The van der Waals surface area contributed by atoms with Crippen molar-refractivity contribution in [3.8, 4) is 0 Å². The van der Waals surface area contributed by atoms with Crippen LogP contribution in [0, 0.1) is 0 Å². The van der Waals surface area contributed by atoms with E-state index in [1.54, 1.807) is 11.8 Å². The van der Waals surface area contributed by atoms with Crippen LogP contribution in [0.5, 0.6) is 0 Å². The molecule has 0 radical (unpaired) electrons. The quantitative estimate of drug-likeness (QED) is 0.529. The van der Waals surface area contributed by atoms with Crippen molar-refractivity contribution in [2.75, 3.05) is 5.75 Å². The summed E-state index contributed by atoms with van der Waals surface area (Å²) in [6, 6.07) is 0. The third-order valence-corrected chi connectivity index (χ3v) is 3.43. The molecule has 0 aromatic carbocycles. The molecule has 0 amide bonds. The zero-order valence-corrected chi connectivity index (χ0v) is 9.20. The van der Waals surface area contributed by atoms with Crippen LogP contribution in [0.15, 0.2) is 5.16 Å². The van der Waals surface area contributed by atoms with Gasteiger partial charge in [0.25, 0.3) is 0 Å². The number of fused-ring (bicyclic) bond motifs is 3. The van der Waals surface area contributed by atoms with Gasteiger partial charge in [0.15, 0.2) is 16.0 Å². The average molecular weight is 247 g/mol. The van der Waals surface area contributed by atoms with E-state index in [1.165, 1.54) is 0 Å². The molecule has 0 atom stereocenters. The fourth-order valence-corrected chi connectivity index (χ4v) is 2.91. The summed E-state index contributed by atoms with van der Waals surface area (Å²) in [5.74, 6) is 1.03. The highest BCUT2D eigenvalue weighted by atomic mass is 35.5. The summed E-state index contributed by atoms with van der Waals surface area (Å²) in [5.41, 5.74) is 1.37. The van der Waals surface area contributed by atoms with E-state index >= 15 is 0 Å². The minimum atomic E-state index is 0.143. The first-order valence-corrected chi connectivity index (χ1v) is 5.72. The van der Waals surface area contributed by atoms with Gasteiger partial charge in [0, 0.05) is 12.3 Å². The van der Waals surface area contributed by atoms with Crippen molar-refractivity contribution in [1.29, 1.82) is 0 Å². The smallest absolute Gasteiger partial charge is 0.225 e. The summed E-state index contributed by atoms with van der Waals surface area (Å²) >= 11 is 13.4. The Balaban J connectivity index is 2.43. The van der Waals surface area contributed by atoms with Crippen LogP contribution in [-0.4, -0.2) is 25.3 Å². The van der Waals surface area contributed by atoms with Gasteiger partial charge in [-0.2, -0.15) is 4.98 Å². The van der Waals surface area contributed by atoms with E-state index in [2.05, 4.69) is 15.0 Å². The Labute approximate surface area is 93.6 Å². The molecular weight excluding hydrogens is 243 g/mol. The number of hydrogen-bond acceptors (Lipinski definition) is 4. The molecule has 1 aliphatic rings. The standard InChI is InChI=1S/C7H4Cl2N4S/c8-4-3-5(11-6(9)10-4)12-7-13(3)1-2-14-7/h1-2H2. The maximum atomic E-state index is 5.98. The van der Waals surface area contributed by atoms with Crippen LogP contribution < -0.4 is 0 Å². The zero-order chi connectivity index (χ0) is 9.71. The number of rotatable bonds is 0. The molecular formula is C7H4Cl2N4S. The van der Waals surface area contributed by atoms with Crippen LogP contribution in [0.1, 0.15) is 0 Å². The molecule has 3 rings (SSSR count). The minimum Gasteiger partial charge on any atom is -0.314 e. The molecule has 0 bridgehead atoms. The summed E-state index contributed by atoms with van der Waals surface area (Å²) in [6.45, 7) is 0.904. The first-order valence-electron chi connectivity index (χ1n) is 3.98. The first-order chi connectivity index (χ1) is 6.75. The van der Waals surface area contributed by atoms with Crippen LogP contribution in [0.4, 0.5) is 0 Å². The first kappa shape index (κ1) is 8.76. The van der Waals surface area contributed by atoms with Crippen molar-refractivity contribution in [3.05, 3.63) is 10.4 Å². The van der Waals surface area contributed by atoms with Crippen LogP contribution in [0.25, 0.3) is 11.2 Å². The van der Waals surface area contributed by atoms with E-state index in [1.807, 2.05) is 4.57 Å². The third kappa shape index (κ3) is 1.12. The fraction of sp³-hybridized carbons (Fsp3) is 0.286. The highest BCUT2D eigenvalue weighted by Crippen LogP contribution is 2.32. The molecule has 7 heteroatoms. The number of nitrogens with zero attached hydrogens (tertiary/aromatic N) is 4. The summed E-state index contributed by atoms with van der Waals surface area (Å²) < 4.78 is 2.03. The number of halogens is 2. The molecule has 0 fully saturated rings. The molecule has 0 spiro atoms. The van der Waals surface area contributed by atoms with Crippen molar-refractivity contribution in [2.24, 2.45) is 0 Å². The van der Waals surface area contributed by atoms with Crippen molar-refractivity contribution in [3.63, 3.8) is 0 Å². The number of aromatic nitrogens is 4. The molecule has 2 aromatic heterocycles. The lowest BCUT2D eigenvalue weighted by molar-refractivity contribution is 0.742. The van der Waals surface area contributed by atoms with Gasteiger partial charge in [0.2, 0.25) is 5.28 Å². The zero-order valence-electron chi connectivity index (χ0n) is 6.87. The lowest BCUT2D eigenvalue weighted by atomic mass is 10.5. The van der Waals surface area contributed by atoms with E-state index in [9.17, 15) is 0 Å². The summed E-state index contributed by atoms with van der Waals surface area (Å²) in [6.07, 6.45) is 0. The van der Waals surface area contributed by atoms with Crippen molar-refractivity contribution in [1.82, 2.24) is 19.5 Å². The molecule has 0 saturated carbocycles. The van der Waals surface area contributed by atoms with Gasteiger partial charge in [-0.3, -0.25) is 0 Å². The molecule has 0 unspecified atom stereocenters. The van der Waals surface area contributed by atoms with Crippen LogP contribution in [0.2, 0.25) is 10.4 Å². The van der Waals surface area contributed by atoms with Gasteiger partial charge < -0.3 is 4.57 Å². The van der Waals surface area contributed by atoms with E-state index in [4.69, 9.17) is 23.2 Å². The SMILES string of the molecule is Clc1nc(Cl)c2c(n1)nc1n2CCS1. The van der Waals surface area contributed by atoms with Crippen molar-refractivity contribution < 1.29 is 0 Å². The second kappa shape index (κ2) is 2.98. The van der Waals surface area contributed by atoms with E-state index < -0.39 is 0 Å². The molecule has 0 saturated heterocycles. The van der Waals surface area contributed by atoms with E-state index in [0.29, 0.717) is 10.8 Å². The summed E-state index contributed by atoms with van der Waals surface area (Å²) in [5, 5.41) is 1.46. The third-order valence-electron chi connectivity index (χ3n) is 2.04. The van der Waals surface area contributed by atoms with Crippen molar-refractivity contribution in [2.45, 2.75) is 11.7 Å². The maximum Gasteiger partial charge on any atom is 0.225 e. The molecule has 1 aliphatic heterocycles. The molecule has 2 aromatic rings. The van der Waals surface area contributed by atoms with Gasteiger partial charge in [-0.1, -0.05) is 23.4 Å². The Morgan fingerprint density at radius 1 is 1.21 bits per heavy atom. The second-order valence-corrected chi connectivity index (χ2v) is 4.61. The van der Waals surface area contributed by atoms with E-state index in [0.717, 1.165) is 23.0 Å². The molecule has 3 heterocycles. The van der Waals surface area contributed by atoms with E-state index in [-0.39, 0.29) is 5.28 Å². The molecule has 4 nitrogen and oxygen atoms in total. The molecule has 72 valence electrons.